The minimum absolute atomic E-state index is 0.591. The molecule has 0 spiro atoms. The Morgan fingerprint density at radius 3 is 2.69 bits per heavy atom. The second kappa shape index (κ2) is 7.04. The van der Waals surface area contributed by atoms with Gasteiger partial charge in [-0.3, -0.25) is 0 Å². The molecule has 1 aromatic rings. The lowest BCUT2D eigenvalue weighted by atomic mass is 10.2. The van der Waals surface area contributed by atoms with E-state index in [1.54, 1.807) is 0 Å². The molecule has 0 saturated carbocycles. The lowest BCUT2D eigenvalue weighted by Crippen LogP contribution is -2.09. The Hall–Kier alpha value is -1.32. The van der Waals surface area contributed by atoms with Gasteiger partial charge in [-0.2, -0.15) is 0 Å². The summed E-state index contributed by atoms with van der Waals surface area (Å²) in [7, 11) is 0. The van der Waals surface area contributed by atoms with Gasteiger partial charge < -0.3 is 11.1 Å². The van der Waals surface area contributed by atoms with Gasteiger partial charge in [-0.25, -0.2) is 9.97 Å². The zero-order valence-electron chi connectivity index (χ0n) is 10.3. The summed E-state index contributed by atoms with van der Waals surface area (Å²) < 4.78 is 0. The number of nitrogens with zero attached hydrogens (tertiary/aromatic N) is 2. The highest BCUT2D eigenvalue weighted by molar-refractivity contribution is 5.54. The third kappa shape index (κ3) is 3.68. The van der Waals surface area contributed by atoms with Crippen LogP contribution < -0.4 is 11.1 Å². The maximum absolute atomic E-state index is 5.79. The first kappa shape index (κ1) is 12.7. The molecule has 0 unspecified atom stereocenters. The second-order valence-corrected chi connectivity index (χ2v) is 3.93. The third-order valence-corrected chi connectivity index (χ3v) is 2.66. The van der Waals surface area contributed by atoms with Gasteiger partial charge in [0.05, 0.1) is 0 Å². The Balaban J connectivity index is 2.44. The Morgan fingerprint density at radius 2 is 2.00 bits per heavy atom. The van der Waals surface area contributed by atoms with Crippen LogP contribution in [0.15, 0.2) is 6.33 Å². The van der Waals surface area contributed by atoms with E-state index in [0.29, 0.717) is 5.82 Å². The van der Waals surface area contributed by atoms with Crippen molar-refractivity contribution in [2.75, 3.05) is 17.6 Å². The van der Waals surface area contributed by atoms with Crippen LogP contribution in [-0.2, 0) is 6.42 Å². The van der Waals surface area contributed by atoms with E-state index >= 15 is 0 Å². The van der Waals surface area contributed by atoms with E-state index in [-0.39, 0.29) is 0 Å². The van der Waals surface area contributed by atoms with Crippen LogP contribution in [0.1, 0.15) is 45.1 Å². The van der Waals surface area contributed by atoms with E-state index in [1.165, 1.54) is 32.0 Å². The predicted octanol–water partition coefficient (Wildman–Crippen LogP) is 2.61. The van der Waals surface area contributed by atoms with E-state index in [1.807, 2.05) is 0 Å². The highest BCUT2D eigenvalue weighted by Crippen LogP contribution is 2.17. The number of unbranched alkanes of at least 4 members (excludes halogenated alkanes) is 3. The summed E-state index contributed by atoms with van der Waals surface area (Å²) in [6.07, 6.45) is 7.40. The maximum Gasteiger partial charge on any atom is 0.134 e. The summed E-state index contributed by atoms with van der Waals surface area (Å²) >= 11 is 0. The smallest absolute Gasteiger partial charge is 0.134 e. The lowest BCUT2D eigenvalue weighted by molar-refractivity contribution is 0.684. The molecule has 0 bridgehead atoms. The maximum atomic E-state index is 5.79. The molecule has 16 heavy (non-hydrogen) atoms. The molecule has 0 saturated heterocycles. The van der Waals surface area contributed by atoms with Crippen LogP contribution in [0.25, 0.3) is 0 Å². The fraction of sp³-hybridized carbons (Fsp3) is 0.667. The Labute approximate surface area is 97.7 Å². The molecule has 0 atom stereocenters. The zero-order valence-corrected chi connectivity index (χ0v) is 10.3. The number of nitrogen functional groups attached to an aromatic ring is 1. The van der Waals surface area contributed by atoms with Gasteiger partial charge in [0, 0.05) is 12.1 Å². The largest absolute Gasteiger partial charge is 0.383 e. The molecule has 0 aliphatic carbocycles. The van der Waals surface area contributed by atoms with Gasteiger partial charge in [0.2, 0.25) is 0 Å². The molecule has 0 aliphatic heterocycles. The van der Waals surface area contributed by atoms with Crippen molar-refractivity contribution in [3.05, 3.63) is 11.9 Å². The molecule has 1 rings (SSSR count). The van der Waals surface area contributed by atoms with Crippen LogP contribution in [0, 0.1) is 0 Å². The molecule has 0 amide bonds. The summed E-state index contributed by atoms with van der Waals surface area (Å²) in [5.41, 5.74) is 6.82. The highest BCUT2D eigenvalue weighted by atomic mass is 15.0. The first-order chi connectivity index (χ1) is 7.79. The molecule has 90 valence electrons. The minimum atomic E-state index is 0.591. The first-order valence-electron chi connectivity index (χ1n) is 6.12. The summed E-state index contributed by atoms with van der Waals surface area (Å²) in [5.74, 6) is 1.49. The van der Waals surface area contributed by atoms with Gasteiger partial charge >= 0.3 is 0 Å². The Bertz CT molecular complexity index is 312. The van der Waals surface area contributed by atoms with Gasteiger partial charge in [0.1, 0.15) is 18.0 Å². The normalized spacial score (nSPS) is 10.4. The molecule has 4 nitrogen and oxygen atoms in total. The van der Waals surface area contributed by atoms with Crippen molar-refractivity contribution in [2.45, 2.75) is 46.0 Å². The molecule has 3 N–H and O–H groups in total. The van der Waals surface area contributed by atoms with Crippen LogP contribution in [0.2, 0.25) is 0 Å². The van der Waals surface area contributed by atoms with Gasteiger partial charge in [-0.1, -0.05) is 33.1 Å². The van der Waals surface area contributed by atoms with Crippen LogP contribution in [0.5, 0.6) is 0 Å². The number of hydrogen-bond donors (Lipinski definition) is 2. The molecule has 0 aromatic carbocycles. The van der Waals surface area contributed by atoms with Crippen LogP contribution in [0.4, 0.5) is 11.6 Å². The minimum Gasteiger partial charge on any atom is -0.383 e. The summed E-state index contributed by atoms with van der Waals surface area (Å²) in [4.78, 5) is 8.22. The Morgan fingerprint density at radius 1 is 1.19 bits per heavy atom. The van der Waals surface area contributed by atoms with Crippen molar-refractivity contribution in [3.8, 4) is 0 Å². The molecule has 4 heteroatoms. The average molecular weight is 222 g/mol. The van der Waals surface area contributed by atoms with E-state index in [4.69, 9.17) is 5.73 Å². The zero-order chi connectivity index (χ0) is 11.8. The molecular formula is C12H22N4. The monoisotopic (exact) mass is 222 g/mol. The molecular weight excluding hydrogens is 200 g/mol. The van der Waals surface area contributed by atoms with Crippen molar-refractivity contribution < 1.29 is 0 Å². The van der Waals surface area contributed by atoms with Gasteiger partial charge in [0.25, 0.3) is 0 Å². The Kier molecular flexibility index (Phi) is 5.61. The summed E-state index contributed by atoms with van der Waals surface area (Å²) in [5, 5.41) is 3.33. The van der Waals surface area contributed by atoms with Crippen molar-refractivity contribution in [2.24, 2.45) is 0 Å². The lowest BCUT2D eigenvalue weighted by Gasteiger charge is -2.10. The van der Waals surface area contributed by atoms with Gasteiger partial charge in [-0.15, -0.1) is 0 Å². The molecule has 0 radical (unpaired) electrons. The second-order valence-electron chi connectivity index (χ2n) is 3.93. The molecule has 1 heterocycles. The van der Waals surface area contributed by atoms with E-state index in [0.717, 1.165) is 24.3 Å². The third-order valence-electron chi connectivity index (χ3n) is 2.66. The van der Waals surface area contributed by atoms with Crippen LogP contribution >= 0.6 is 0 Å². The number of hydrogen-bond acceptors (Lipinski definition) is 4. The van der Waals surface area contributed by atoms with Gasteiger partial charge in [-0.05, 0) is 12.8 Å². The first-order valence-corrected chi connectivity index (χ1v) is 6.12. The van der Waals surface area contributed by atoms with Crippen molar-refractivity contribution in [1.29, 1.82) is 0 Å². The number of anilines is 2. The SMILES string of the molecule is CCCCCCNc1ncnc(N)c1CC. The van der Waals surface area contributed by atoms with E-state index < -0.39 is 0 Å². The van der Waals surface area contributed by atoms with E-state index in [2.05, 4.69) is 29.1 Å². The van der Waals surface area contributed by atoms with Crippen molar-refractivity contribution in [1.82, 2.24) is 9.97 Å². The summed E-state index contributed by atoms with van der Waals surface area (Å²) in [6, 6.07) is 0. The number of rotatable bonds is 7. The summed E-state index contributed by atoms with van der Waals surface area (Å²) in [6.45, 7) is 5.24. The molecule has 0 aliphatic rings. The van der Waals surface area contributed by atoms with Crippen LogP contribution in [0.3, 0.4) is 0 Å². The van der Waals surface area contributed by atoms with Crippen molar-refractivity contribution >= 4 is 11.6 Å². The highest BCUT2D eigenvalue weighted by Gasteiger charge is 2.05. The van der Waals surface area contributed by atoms with Crippen LogP contribution in [-0.4, -0.2) is 16.5 Å². The average Bonchev–Trinajstić information content (AvgIpc) is 2.29. The standard InChI is InChI=1S/C12H22N4/c1-3-5-6-7-8-14-12-10(4-2)11(13)15-9-16-12/h9H,3-8H2,1-2H3,(H3,13,14,15,16). The van der Waals surface area contributed by atoms with Crippen molar-refractivity contribution in [3.63, 3.8) is 0 Å². The number of nitrogens with one attached hydrogen (secondary N) is 1. The fourth-order valence-electron chi connectivity index (χ4n) is 1.69. The van der Waals surface area contributed by atoms with E-state index in [9.17, 15) is 0 Å². The van der Waals surface area contributed by atoms with Gasteiger partial charge in [0.15, 0.2) is 0 Å². The fourth-order valence-corrected chi connectivity index (χ4v) is 1.69. The number of nitrogens with two attached hydrogens (primary N) is 1. The predicted molar refractivity (Wildman–Crippen MR) is 68.5 cm³/mol. The number of aromatic nitrogens is 2. The molecule has 0 fully saturated rings. The molecule has 1 aromatic heterocycles. The topological polar surface area (TPSA) is 63.8 Å². The quantitative estimate of drug-likeness (QED) is 0.696.